The number of carbonyl (C=O) groups excluding carboxylic acids is 2. The average Bonchev–Trinajstić information content (AvgIpc) is 2.82. The quantitative estimate of drug-likeness (QED) is 0.599. The number of carbonyl (C=O) groups is 2. The zero-order valence-electron chi connectivity index (χ0n) is 13.9. The molecule has 0 spiro atoms. The molecule has 0 bridgehead atoms. The molecule has 5 nitrogen and oxygen atoms in total. The second-order valence-corrected chi connectivity index (χ2v) is 6.87. The van der Waals surface area contributed by atoms with Crippen molar-refractivity contribution in [2.24, 2.45) is 11.3 Å². The Morgan fingerprint density at radius 3 is 2.65 bits per heavy atom. The van der Waals surface area contributed by atoms with Crippen LogP contribution in [0.3, 0.4) is 0 Å². The van der Waals surface area contributed by atoms with Crippen molar-refractivity contribution in [3.05, 3.63) is 35.9 Å². The molecule has 1 aliphatic rings. The van der Waals surface area contributed by atoms with E-state index in [2.05, 4.69) is 26.0 Å². The van der Waals surface area contributed by atoms with Gasteiger partial charge in [-0.25, -0.2) is 5.48 Å². The molecule has 0 aromatic heterocycles. The summed E-state index contributed by atoms with van der Waals surface area (Å²) in [6.07, 6.45) is 2.21. The molecule has 1 unspecified atom stereocenters. The zero-order valence-corrected chi connectivity index (χ0v) is 13.9. The van der Waals surface area contributed by atoms with E-state index in [1.165, 1.54) is 5.56 Å². The largest absolute Gasteiger partial charge is 0.342 e. The fourth-order valence-electron chi connectivity index (χ4n) is 3.57. The maximum absolute atomic E-state index is 12.9. The van der Waals surface area contributed by atoms with Gasteiger partial charge in [0.1, 0.15) is 0 Å². The number of rotatable bonds is 7. The number of hydroxylamine groups is 1. The van der Waals surface area contributed by atoms with Crippen LogP contribution in [0.2, 0.25) is 0 Å². The van der Waals surface area contributed by atoms with E-state index in [0.29, 0.717) is 31.8 Å². The van der Waals surface area contributed by atoms with E-state index in [0.717, 1.165) is 6.42 Å². The summed E-state index contributed by atoms with van der Waals surface area (Å²) in [7, 11) is 0. The van der Waals surface area contributed by atoms with Crippen LogP contribution < -0.4 is 5.48 Å². The van der Waals surface area contributed by atoms with Crippen molar-refractivity contribution in [3.8, 4) is 0 Å². The van der Waals surface area contributed by atoms with E-state index in [9.17, 15) is 9.59 Å². The number of nitrogens with zero attached hydrogens (tertiary/aromatic N) is 1. The van der Waals surface area contributed by atoms with Crippen molar-refractivity contribution >= 4 is 11.8 Å². The van der Waals surface area contributed by atoms with Crippen LogP contribution in [0.5, 0.6) is 0 Å². The summed E-state index contributed by atoms with van der Waals surface area (Å²) in [6, 6.07) is 10.1. The standard InChI is InChI=1S/C18H26N2O3/c1-14(2)12-18(13-16(21)19-23)9-11-20(17(18)22)10-8-15-6-4-3-5-7-15/h3-7,14,23H,8-13H2,1-2H3,(H,19,21). The van der Waals surface area contributed by atoms with Crippen LogP contribution in [0.25, 0.3) is 0 Å². The molecule has 0 saturated carbocycles. The molecule has 2 amide bonds. The van der Waals surface area contributed by atoms with Gasteiger partial charge in [-0.3, -0.25) is 14.8 Å². The van der Waals surface area contributed by atoms with Crippen molar-refractivity contribution in [2.45, 2.75) is 39.5 Å². The number of amides is 2. The maximum atomic E-state index is 12.9. The lowest BCUT2D eigenvalue weighted by atomic mass is 9.76. The molecular formula is C18H26N2O3. The van der Waals surface area contributed by atoms with Crippen LogP contribution in [-0.4, -0.2) is 35.0 Å². The van der Waals surface area contributed by atoms with Gasteiger partial charge in [0.25, 0.3) is 0 Å². The second kappa shape index (κ2) is 7.59. The van der Waals surface area contributed by atoms with Crippen LogP contribution in [-0.2, 0) is 16.0 Å². The molecule has 1 atom stereocenters. The first-order valence-corrected chi connectivity index (χ1v) is 8.23. The Labute approximate surface area is 137 Å². The molecule has 2 rings (SSSR count). The highest BCUT2D eigenvalue weighted by Gasteiger charge is 2.47. The second-order valence-electron chi connectivity index (χ2n) is 6.87. The summed E-state index contributed by atoms with van der Waals surface area (Å²) in [5.41, 5.74) is 2.21. The third-order valence-corrected chi connectivity index (χ3v) is 4.54. The monoisotopic (exact) mass is 318 g/mol. The minimum Gasteiger partial charge on any atom is -0.342 e. The zero-order chi connectivity index (χ0) is 16.9. The summed E-state index contributed by atoms with van der Waals surface area (Å²) in [4.78, 5) is 26.4. The Hall–Kier alpha value is -1.88. The molecule has 0 radical (unpaired) electrons. The topological polar surface area (TPSA) is 69.6 Å². The number of hydrogen-bond acceptors (Lipinski definition) is 3. The Morgan fingerprint density at radius 2 is 2.04 bits per heavy atom. The van der Waals surface area contributed by atoms with Gasteiger partial charge in [-0.05, 0) is 30.7 Å². The molecule has 1 aliphatic heterocycles. The highest BCUT2D eigenvalue weighted by molar-refractivity contribution is 5.90. The van der Waals surface area contributed by atoms with E-state index in [4.69, 9.17) is 5.21 Å². The van der Waals surface area contributed by atoms with Gasteiger partial charge in [0, 0.05) is 19.5 Å². The van der Waals surface area contributed by atoms with Crippen LogP contribution in [0.15, 0.2) is 30.3 Å². The smallest absolute Gasteiger partial charge is 0.244 e. The maximum Gasteiger partial charge on any atom is 0.244 e. The molecule has 1 aromatic rings. The van der Waals surface area contributed by atoms with E-state index in [1.54, 1.807) is 5.48 Å². The number of hydrogen-bond donors (Lipinski definition) is 2. The predicted molar refractivity (Wildman–Crippen MR) is 87.8 cm³/mol. The Bertz CT molecular complexity index is 544. The van der Waals surface area contributed by atoms with Gasteiger partial charge in [-0.1, -0.05) is 44.2 Å². The Kier molecular flexibility index (Phi) is 5.77. The molecule has 1 aromatic carbocycles. The van der Waals surface area contributed by atoms with Crippen molar-refractivity contribution in [1.29, 1.82) is 0 Å². The van der Waals surface area contributed by atoms with E-state index in [1.807, 2.05) is 23.1 Å². The first kappa shape index (κ1) is 17.5. The molecule has 1 heterocycles. The summed E-state index contributed by atoms with van der Waals surface area (Å²) in [6.45, 7) is 5.46. The first-order chi connectivity index (χ1) is 11.0. The van der Waals surface area contributed by atoms with Crippen LogP contribution in [0.1, 0.15) is 38.7 Å². The third kappa shape index (κ3) is 4.32. The molecule has 2 N–H and O–H groups in total. The molecule has 126 valence electrons. The van der Waals surface area contributed by atoms with Crippen molar-refractivity contribution < 1.29 is 14.8 Å². The third-order valence-electron chi connectivity index (χ3n) is 4.54. The van der Waals surface area contributed by atoms with E-state index >= 15 is 0 Å². The van der Waals surface area contributed by atoms with Gasteiger partial charge in [-0.15, -0.1) is 0 Å². The fraction of sp³-hybridized carbons (Fsp3) is 0.556. The summed E-state index contributed by atoms with van der Waals surface area (Å²) in [5, 5.41) is 8.82. The minimum atomic E-state index is -0.669. The minimum absolute atomic E-state index is 0.0470. The molecule has 5 heteroatoms. The highest BCUT2D eigenvalue weighted by atomic mass is 16.5. The van der Waals surface area contributed by atoms with Gasteiger partial charge >= 0.3 is 0 Å². The molecule has 0 aliphatic carbocycles. The van der Waals surface area contributed by atoms with Crippen molar-refractivity contribution in [3.63, 3.8) is 0 Å². The Morgan fingerprint density at radius 1 is 1.35 bits per heavy atom. The summed E-state index contributed by atoms with van der Waals surface area (Å²) < 4.78 is 0. The van der Waals surface area contributed by atoms with E-state index in [-0.39, 0.29) is 12.3 Å². The van der Waals surface area contributed by atoms with Crippen LogP contribution in [0, 0.1) is 11.3 Å². The summed E-state index contributed by atoms with van der Waals surface area (Å²) in [5.74, 6) is -0.117. The Balaban J connectivity index is 2.04. The molecule has 1 saturated heterocycles. The predicted octanol–water partition coefficient (Wildman–Crippen LogP) is 2.39. The molecule has 1 fully saturated rings. The normalized spacial score (nSPS) is 21.0. The molecular weight excluding hydrogens is 292 g/mol. The lowest BCUT2D eigenvalue weighted by Crippen LogP contribution is -2.40. The van der Waals surface area contributed by atoms with Gasteiger partial charge in [0.2, 0.25) is 11.8 Å². The summed E-state index contributed by atoms with van der Waals surface area (Å²) >= 11 is 0. The first-order valence-electron chi connectivity index (χ1n) is 8.23. The fourth-order valence-corrected chi connectivity index (χ4v) is 3.57. The van der Waals surface area contributed by atoms with Crippen LogP contribution >= 0.6 is 0 Å². The van der Waals surface area contributed by atoms with E-state index < -0.39 is 11.3 Å². The highest BCUT2D eigenvalue weighted by Crippen LogP contribution is 2.41. The number of nitrogens with one attached hydrogen (secondary N) is 1. The van der Waals surface area contributed by atoms with Gasteiger partial charge in [-0.2, -0.15) is 0 Å². The van der Waals surface area contributed by atoms with Crippen molar-refractivity contribution in [2.75, 3.05) is 13.1 Å². The lowest BCUT2D eigenvalue weighted by molar-refractivity contribution is -0.143. The molecule has 23 heavy (non-hydrogen) atoms. The average molecular weight is 318 g/mol. The number of benzene rings is 1. The van der Waals surface area contributed by atoms with Gasteiger partial charge in [0.15, 0.2) is 0 Å². The van der Waals surface area contributed by atoms with Gasteiger partial charge < -0.3 is 4.90 Å². The van der Waals surface area contributed by atoms with Crippen LogP contribution in [0.4, 0.5) is 0 Å². The lowest BCUT2D eigenvalue weighted by Gasteiger charge is -2.28. The van der Waals surface area contributed by atoms with Crippen molar-refractivity contribution in [1.82, 2.24) is 10.4 Å². The number of likely N-dealkylation sites (tertiary alicyclic amines) is 1. The SMILES string of the molecule is CC(C)CC1(CC(=O)NO)CCN(CCc2ccccc2)C1=O. The van der Waals surface area contributed by atoms with Gasteiger partial charge in [0.05, 0.1) is 5.41 Å².